The van der Waals surface area contributed by atoms with Gasteiger partial charge in [-0.3, -0.25) is 4.98 Å². The number of hydrogen-bond donors (Lipinski definition) is 2. The number of halogens is 3. The summed E-state index contributed by atoms with van der Waals surface area (Å²) in [6.45, 7) is 3.63. The van der Waals surface area contributed by atoms with Crippen molar-refractivity contribution in [2.75, 3.05) is 16.8 Å². The van der Waals surface area contributed by atoms with Crippen LogP contribution in [-0.4, -0.2) is 33.4 Å². The topological polar surface area (TPSA) is 45.1 Å². The zero-order chi connectivity index (χ0) is 21.1. The molecule has 2 aromatic carbocycles. The maximum Gasteiger partial charge on any atom is 0.420 e. The highest BCUT2D eigenvalue weighted by Crippen LogP contribution is 2.44. The molecule has 2 N–H and O–H groups in total. The van der Waals surface area contributed by atoms with Crippen molar-refractivity contribution in [3.05, 3.63) is 71.9 Å². The standard InChI is InChI=1S/C22H23F3N2OS/c1-3-29-14-21(28,22(23,24)25)20(16-8-5-4-6-9-16)27-19-11-7-10-18-17(19)13-12-15(2)26-18/h4-13,20,27-28H,3,14H2,1-2H3. The summed E-state index contributed by atoms with van der Waals surface area (Å²) in [5.41, 5.74) is -0.593. The largest absolute Gasteiger partial charge is 0.420 e. The Labute approximate surface area is 172 Å². The molecule has 0 saturated carbocycles. The van der Waals surface area contributed by atoms with Crippen molar-refractivity contribution < 1.29 is 18.3 Å². The highest BCUT2D eigenvalue weighted by atomic mass is 32.2. The SMILES string of the molecule is CCSCC(O)(C(Nc1cccc2nc(C)ccc12)c1ccccc1)C(F)(F)F. The molecule has 3 nitrogen and oxygen atoms in total. The minimum Gasteiger partial charge on any atom is -0.378 e. The van der Waals surface area contributed by atoms with E-state index in [0.29, 0.717) is 27.9 Å². The molecule has 3 aromatic rings. The molecule has 2 atom stereocenters. The maximum absolute atomic E-state index is 14.1. The summed E-state index contributed by atoms with van der Waals surface area (Å²) < 4.78 is 42.4. The first kappa shape index (κ1) is 21.5. The van der Waals surface area contributed by atoms with Gasteiger partial charge in [-0.25, -0.2) is 0 Å². The molecule has 0 fully saturated rings. The van der Waals surface area contributed by atoms with E-state index in [4.69, 9.17) is 0 Å². The van der Waals surface area contributed by atoms with E-state index in [1.54, 1.807) is 49.4 Å². The van der Waals surface area contributed by atoms with Crippen LogP contribution in [0.25, 0.3) is 10.9 Å². The molecule has 0 bridgehead atoms. The number of fused-ring (bicyclic) bond motifs is 1. The molecule has 3 rings (SSSR count). The van der Waals surface area contributed by atoms with Crippen LogP contribution in [0.1, 0.15) is 24.2 Å². The fourth-order valence-electron chi connectivity index (χ4n) is 3.25. The average Bonchev–Trinajstić information content (AvgIpc) is 2.69. The van der Waals surface area contributed by atoms with Crippen molar-refractivity contribution in [3.63, 3.8) is 0 Å². The quantitative estimate of drug-likeness (QED) is 0.511. The number of pyridine rings is 1. The van der Waals surface area contributed by atoms with Gasteiger partial charge >= 0.3 is 6.18 Å². The van der Waals surface area contributed by atoms with E-state index in [0.717, 1.165) is 17.5 Å². The molecule has 1 heterocycles. The van der Waals surface area contributed by atoms with Gasteiger partial charge in [-0.05, 0) is 42.5 Å². The van der Waals surface area contributed by atoms with Gasteiger partial charge in [0.05, 0.1) is 11.6 Å². The number of aromatic nitrogens is 1. The van der Waals surface area contributed by atoms with E-state index in [1.807, 2.05) is 25.1 Å². The lowest BCUT2D eigenvalue weighted by Crippen LogP contribution is -2.54. The predicted molar refractivity (Wildman–Crippen MR) is 113 cm³/mol. The summed E-state index contributed by atoms with van der Waals surface area (Å²) in [5.74, 6) is -0.000943. The van der Waals surface area contributed by atoms with Crippen LogP contribution in [-0.2, 0) is 0 Å². The first-order valence-electron chi connectivity index (χ1n) is 9.31. The van der Waals surface area contributed by atoms with Crippen LogP contribution in [0.5, 0.6) is 0 Å². The van der Waals surface area contributed by atoms with Crippen molar-refractivity contribution in [2.45, 2.75) is 31.7 Å². The summed E-state index contributed by atoms with van der Waals surface area (Å²) >= 11 is 1.06. The lowest BCUT2D eigenvalue weighted by Gasteiger charge is -2.39. The van der Waals surface area contributed by atoms with Gasteiger partial charge in [-0.2, -0.15) is 24.9 Å². The Hall–Kier alpha value is -2.25. The number of nitrogens with one attached hydrogen (secondary N) is 1. The number of hydrogen-bond acceptors (Lipinski definition) is 4. The molecule has 0 aliphatic rings. The summed E-state index contributed by atoms with van der Waals surface area (Å²) in [4.78, 5) is 4.45. The van der Waals surface area contributed by atoms with Crippen molar-refractivity contribution in [3.8, 4) is 0 Å². The van der Waals surface area contributed by atoms with E-state index in [-0.39, 0.29) is 0 Å². The van der Waals surface area contributed by atoms with Crippen LogP contribution >= 0.6 is 11.8 Å². The second-order valence-corrected chi connectivity index (χ2v) is 8.15. The lowest BCUT2D eigenvalue weighted by atomic mass is 9.88. The third kappa shape index (κ3) is 4.51. The van der Waals surface area contributed by atoms with E-state index in [2.05, 4.69) is 10.3 Å². The third-order valence-electron chi connectivity index (χ3n) is 4.80. The summed E-state index contributed by atoms with van der Waals surface area (Å²) in [7, 11) is 0. The van der Waals surface area contributed by atoms with Crippen molar-refractivity contribution in [2.24, 2.45) is 0 Å². The minimum atomic E-state index is -4.82. The lowest BCUT2D eigenvalue weighted by molar-refractivity contribution is -0.256. The van der Waals surface area contributed by atoms with Crippen molar-refractivity contribution in [1.29, 1.82) is 0 Å². The molecule has 0 amide bonds. The smallest absolute Gasteiger partial charge is 0.378 e. The number of alkyl halides is 3. The number of benzene rings is 2. The Morgan fingerprint density at radius 1 is 1.03 bits per heavy atom. The Bertz CT molecular complexity index is 965. The second-order valence-electron chi connectivity index (χ2n) is 6.87. The van der Waals surface area contributed by atoms with Gasteiger partial charge in [-0.1, -0.05) is 43.3 Å². The number of anilines is 1. The van der Waals surface area contributed by atoms with E-state index in [1.165, 1.54) is 0 Å². The average molecular weight is 421 g/mol. The number of aryl methyl sites for hydroxylation is 1. The highest BCUT2D eigenvalue weighted by Gasteiger charge is 2.59. The minimum absolute atomic E-state index is 0.362. The van der Waals surface area contributed by atoms with Gasteiger partial charge < -0.3 is 10.4 Å². The number of rotatable bonds is 7. The number of nitrogens with zero attached hydrogens (tertiary/aromatic N) is 1. The zero-order valence-electron chi connectivity index (χ0n) is 16.2. The molecule has 0 saturated heterocycles. The van der Waals surface area contributed by atoms with Gasteiger partial charge in [-0.15, -0.1) is 0 Å². The molecule has 1 aromatic heterocycles. The molecule has 0 spiro atoms. The first-order valence-corrected chi connectivity index (χ1v) is 10.5. The normalized spacial score (nSPS) is 15.1. The fourth-order valence-corrected chi connectivity index (χ4v) is 4.09. The van der Waals surface area contributed by atoms with Crippen molar-refractivity contribution >= 4 is 28.4 Å². The zero-order valence-corrected chi connectivity index (χ0v) is 17.0. The monoisotopic (exact) mass is 420 g/mol. The molecule has 0 aliphatic heterocycles. The van der Waals surface area contributed by atoms with Gasteiger partial charge in [0.2, 0.25) is 0 Å². The Morgan fingerprint density at radius 2 is 1.76 bits per heavy atom. The Kier molecular flexibility index (Phi) is 6.39. The molecule has 0 aliphatic carbocycles. The van der Waals surface area contributed by atoms with Crippen LogP contribution in [0.4, 0.5) is 18.9 Å². The number of thioether (sulfide) groups is 1. The Balaban J connectivity index is 2.12. The fraction of sp³-hybridized carbons (Fsp3) is 0.318. The maximum atomic E-state index is 14.1. The third-order valence-corrected chi connectivity index (χ3v) is 5.85. The number of aliphatic hydroxyl groups is 1. The van der Waals surface area contributed by atoms with E-state index in [9.17, 15) is 18.3 Å². The first-order chi connectivity index (χ1) is 13.8. The Morgan fingerprint density at radius 3 is 2.41 bits per heavy atom. The summed E-state index contributed by atoms with van der Waals surface area (Å²) in [6, 6.07) is 15.8. The highest BCUT2D eigenvalue weighted by molar-refractivity contribution is 7.99. The molecule has 0 radical (unpaired) electrons. The van der Waals surface area contributed by atoms with E-state index >= 15 is 0 Å². The van der Waals surface area contributed by atoms with Gasteiger partial charge in [0.25, 0.3) is 0 Å². The molecule has 154 valence electrons. The van der Waals surface area contributed by atoms with Gasteiger partial charge in [0.15, 0.2) is 5.60 Å². The molecular formula is C22H23F3N2OS. The van der Waals surface area contributed by atoms with Crippen molar-refractivity contribution in [1.82, 2.24) is 4.98 Å². The molecule has 29 heavy (non-hydrogen) atoms. The molecule has 7 heteroatoms. The van der Waals surface area contributed by atoms with E-state index < -0.39 is 23.6 Å². The molecule has 2 unspecified atom stereocenters. The van der Waals surface area contributed by atoms with Crippen LogP contribution < -0.4 is 5.32 Å². The van der Waals surface area contributed by atoms with Crippen LogP contribution in [0, 0.1) is 6.92 Å². The van der Waals surface area contributed by atoms with Gasteiger partial charge in [0, 0.05) is 22.5 Å². The van der Waals surface area contributed by atoms with Gasteiger partial charge in [0.1, 0.15) is 0 Å². The van der Waals surface area contributed by atoms with Crippen LogP contribution in [0.15, 0.2) is 60.7 Å². The van der Waals surface area contributed by atoms with Crippen LogP contribution in [0.3, 0.4) is 0 Å². The second kappa shape index (κ2) is 8.63. The summed E-state index contributed by atoms with van der Waals surface area (Å²) in [6.07, 6.45) is -4.82. The summed E-state index contributed by atoms with van der Waals surface area (Å²) in [5, 5.41) is 14.6. The van der Waals surface area contributed by atoms with Crippen LogP contribution in [0.2, 0.25) is 0 Å². The molecular weight excluding hydrogens is 397 g/mol. The predicted octanol–water partition coefficient (Wildman–Crippen LogP) is 5.74.